The number of anilines is 1. The first kappa shape index (κ1) is 36.5. The highest BCUT2D eigenvalue weighted by molar-refractivity contribution is 7.92. The van der Waals surface area contributed by atoms with Gasteiger partial charge in [0.2, 0.25) is 11.8 Å². The molecule has 0 aromatic heterocycles. The van der Waals surface area contributed by atoms with Gasteiger partial charge in [-0.3, -0.25) is 13.9 Å². The zero-order valence-corrected chi connectivity index (χ0v) is 28.2. The van der Waals surface area contributed by atoms with Crippen molar-refractivity contribution in [1.82, 2.24) is 10.2 Å². The predicted octanol–water partition coefficient (Wildman–Crippen LogP) is 7.42. The number of rotatable bonds is 14. The smallest absolute Gasteiger partial charge is 0.354 e. The number of alkyl halides is 3. The van der Waals surface area contributed by atoms with Crippen molar-refractivity contribution in [3.8, 4) is 0 Å². The van der Waals surface area contributed by atoms with Gasteiger partial charge in [0.05, 0.1) is 21.2 Å². The standard InChI is InChI=1S/C36H37ClF3N3O4S/c1-3-4-20-41-35(45)33(22-27-13-7-5-8-14-27)42(24-28-15-11-12-26(2)21-28)34(44)25-43(48(46,47)30-16-9-6-10-17-30)29-18-19-32(37)31(23-29)36(38,39)40/h5-19,21,23,33H,3-4,20,22,24-25H2,1-2H3,(H,41,45)/t33-/m1/s1. The summed E-state index contributed by atoms with van der Waals surface area (Å²) in [6.07, 6.45) is -3.26. The Bertz CT molecular complexity index is 1810. The Morgan fingerprint density at radius 1 is 0.875 bits per heavy atom. The van der Waals surface area contributed by atoms with Crippen LogP contribution in [0.15, 0.2) is 108 Å². The summed E-state index contributed by atoms with van der Waals surface area (Å²) in [7, 11) is -4.58. The van der Waals surface area contributed by atoms with Crippen LogP contribution in [-0.2, 0) is 38.8 Å². The predicted molar refractivity (Wildman–Crippen MR) is 181 cm³/mol. The lowest BCUT2D eigenvalue weighted by Gasteiger charge is -2.34. The fourth-order valence-corrected chi connectivity index (χ4v) is 6.85. The van der Waals surface area contributed by atoms with Crippen molar-refractivity contribution in [3.05, 3.63) is 130 Å². The van der Waals surface area contributed by atoms with Gasteiger partial charge in [-0.15, -0.1) is 0 Å². The third-order valence-corrected chi connectivity index (χ3v) is 9.81. The van der Waals surface area contributed by atoms with E-state index < -0.39 is 56.9 Å². The molecule has 12 heteroatoms. The highest BCUT2D eigenvalue weighted by Gasteiger charge is 2.37. The van der Waals surface area contributed by atoms with Gasteiger partial charge in [-0.25, -0.2) is 8.42 Å². The maximum atomic E-state index is 14.5. The van der Waals surface area contributed by atoms with E-state index in [1.165, 1.54) is 29.2 Å². The minimum absolute atomic E-state index is 0.0626. The summed E-state index contributed by atoms with van der Waals surface area (Å²) in [6.45, 7) is 3.26. The first-order chi connectivity index (χ1) is 22.8. The molecule has 0 bridgehead atoms. The van der Waals surface area contributed by atoms with Crippen LogP contribution in [0.3, 0.4) is 0 Å². The highest BCUT2D eigenvalue weighted by atomic mass is 35.5. The van der Waals surface area contributed by atoms with Crippen LogP contribution < -0.4 is 9.62 Å². The van der Waals surface area contributed by atoms with E-state index >= 15 is 0 Å². The minimum Gasteiger partial charge on any atom is -0.354 e. The van der Waals surface area contributed by atoms with E-state index in [4.69, 9.17) is 11.6 Å². The molecule has 254 valence electrons. The van der Waals surface area contributed by atoms with Crippen LogP contribution in [0.4, 0.5) is 18.9 Å². The van der Waals surface area contributed by atoms with E-state index in [-0.39, 0.29) is 17.9 Å². The van der Waals surface area contributed by atoms with Gasteiger partial charge in [-0.05, 0) is 54.8 Å². The second-order valence-electron chi connectivity index (χ2n) is 11.3. The summed E-state index contributed by atoms with van der Waals surface area (Å²) in [4.78, 5) is 29.4. The average molecular weight is 700 g/mol. The molecule has 0 heterocycles. The molecule has 0 aliphatic carbocycles. The zero-order valence-electron chi connectivity index (χ0n) is 26.6. The van der Waals surface area contributed by atoms with E-state index in [2.05, 4.69) is 5.32 Å². The van der Waals surface area contributed by atoms with E-state index in [9.17, 15) is 31.2 Å². The number of carbonyl (C=O) groups excluding carboxylic acids is 2. The number of carbonyl (C=O) groups is 2. The number of benzene rings is 4. The van der Waals surface area contributed by atoms with Crippen LogP contribution in [0.2, 0.25) is 5.02 Å². The third kappa shape index (κ3) is 9.38. The van der Waals surface area contributed by atoms with Crippen molar-refractivity contribution < 1.29 is 31.2 Å². The molecule has 0 aliphatic rings. The number of nitrogens with zero attached hydrogens (tertiary/aromatic N) is 2. The van der Waals surface area contributed by atoms with Crippen molar-refractivity contribution in [1.29, 1.82) is 0 Å². The second-order valence-corrected chi connectivity index (χ2v) is 13.6. The second kappa shape index (κ2) is 16.2. The summed E-state index contributed by atoms with van der Waals surface area (Å²) in [6, 6.07) is 25.1. The molecule has 0 spiro atoms. The van der Waals surface area contributed by atoms with E-state index in [1.807, 2.05) is 44.2 Å². The summed E-state index contributed by atoms with van der Waals surface area (Å²) in [5.41, 5.74) is 0.686. The fraction of sp³-hybridized carbons (Fsp3) is 0.278. The number of unbranched alkanes of at least 4 members (excludes halogenated alkanes) is 1. The molecular formula is C36H37ClF3N3O4S. The van der Waals surface area contributed by atoms with Gasteiger partial charge in [0.15, 0.2) is 0 Å². The topological polar surface area (TPSA) is 86.8 Å². The fourth-order valence-electron chi connectivity index (χ4n) is 5.20. The Balaban J connectivity index is 1.84. The summed E-state index contributed by atoms with van der Waals surface area (Å²) in [5.74, 6) is -1.22. The molecule has 48 heavy (non-hydrogen) atoms. The maximum absolute atomic E-state index is 14.5. The molecule has 0 radical (unpaired) electrons. The van der Waals surface area contributed by atoms with Gasteiger partial charge in [-0.1, -0.05) is 103 Å². The molecule has 4 aromatic rings. The lowest BCUT2D eigenvalue weighted by atomic mass is 10.0. The Morgan fingerprint density at radius 3 is 2.15 bits per heavy atom. The first-order valence-corrected chi connectivity index (χ1v) is 17.2. The molecule has 0 aliphatic heterocycles. The summed E-state index contributed by atoms with van der Waals surface area (Å²) in [5, 5.41) is 2.28. The molecule has 0 unspecified atom stereocenters. The monoisotopic (exact) mass is 699 g/mol. The van der Waals surface area contributed by atoms with Crippen molar-refractivity contribution in [2.24, 2.45) is 0 Å². The Hall–Kier alpha value is -4.35. The van der Waals surface area contributed by atoms with Crippen molar-refractivity contribution in [2.75, 3.05) is 17.4 Å². The number of halogens is 4. The van der Waals surface area contributed by atoms with Gasteiger partial charge in [0.25, 0.3) is 10.0 Å². The van der Waals surface area contributed by atoms with Gasteiger partial charge in [0, 0.05) is 19.5 Å². The van der Waals surface area contributed by atoms with Gasteiger partial charge >= 0.3 is 6.18 Å². The number of amides is 2. The van der Waals surface area contributed by atoms with E-state index in [1.54, 1.807) is 30.3 Å². The number of aryl methyl sites for hydroxylation is 1. The Morgan fingerprint density at radius 2 is 1.52 bits per heavy atom. The van der Waals surface area contributed by atoms with Crippen LogP contribution in [0.1, 0.15) is 42.0 Å². The van der Waals surface area contributed by atoms with Gasteiger partial charge < -0.3 is 10.2 Å². The first-order valence-electron chi connectivity index (χ1n) is 15.4. The molecule has 0 saturated carbocycles. The quantitative estimate of drug-likeness (QED) is 0.139. The molecule has 2 amide bonds. The Labute approximate surface area is 284 Å². The average Bonchev–Trinajstić information content (AvgIpc) is 3.06. The van der Waals surface area contributed by atoms with Crippen LogP contribution in [-0.4, -0.2) is 44.3 Å². The largest absolute Gasteiger partial charge is 0.417 e. The molecule has 4 aromatic carbocycles. The molecule has 1 N–H and O–H groups in total. The maximum Gasteiger partial charge on any atom is 0.417 e. The highest BCUT2D eigenvalue weighted by Crippen LogP contribution is 2.38. The zero-order chi connectivity index (χ0) is 34.9. The number of hydrogen-bond donors (Lipinski definition) is 1. The Kier molecular flexibility index (Phi) is 12.3. The van der Waals surface area contributed by atoms with E-state index in [0.29, 0.717) is 28.9 Å². The number of hydrogen-bond acceptors (Lipinski definition) is 4. The SMILES string of the molecule is CCCCNC(=O)[C@@H](Cc1ccccc1)N(Cc1cccc(C)c1)C(=O)CN(c1ccc(Cl)c(C(F)(F)F)c1)S(=O)(=O)c1ccccc1. The number of sulfonamides is 1. The normalized spacial score (nSPS) is 12.3. The van der Waals surface area contributed by atoms with Crippen LogP contribution in [0, 0.1) is 6.92 Å². The van der Waals surface area contributed by atoms with Crippen molar-refractivity contribution >= 4 is 39.1 Å². The van der Waals surface area contributed by atoms with Crippen LogP contribution in [0.5, 0.6) is 0 Å². The lowest BCUT2D eigenvalue weighted by molar-refractivity contribution is -0.140. The molecular weight excluding hydrogens is 663 g/mol. The van der Waals surface area contributed by atoms with Crippen molar-refractivity contribution in [3.63, 3.8) is 0 Å². The molecule has 4 rings (SSSR count). The van der Waals surface area contributed by atoms with E-state index in [0.717, 1.165) is 29.7 Å². The third-order valence-electron chi connectivity index (χ3n) is 7.69. The van der Waals surface area contributed by atoms with Crippen LogP contribution in [0.25, 0.3) is 0 Å². The van der Waals surface area contributed by atoms with Gasteiger partial charge in [0.1, 0.15) is 12.6 Å². The molecule has 7 nitrogen and oxygen atoms in total. The summed E-state index contributed by atoms with van der Waals surface area (Å²) < 4.78 is 70.6. The van der Waals surface area contributed by atoms with Gasteiger partial charge in [-0.2, -0.15) is 13.2 Å². The summed E-state index contributed by atoms with van der Waals surface area (Å²) >= 11 is 5.87. The number of nitrogens with one attached hydrogen (secondary N) is 1. The molecule has 0 saturated heterocycles. The lowest BCUT2D eigenvalue weighted by Crippen LogP contribution is -2.53. The molecule has 0 fully saturated rings. The van der Waals surface area contributed by atoms with Crippen molar-refractivity contribution in [2.45, 2.75) is 56.8 Å². The molecule has 1 atom stereocenters. The minimum atomic E-state index is -4.89. The van der Waals surface area contributed by atoms with Crippen LogP contribution >= 0.6 is 11.6 Å².